The van der Waals surface area contributed by atoms with Crippen molar-refractivity contribution in [1.82, 2.24) is 0 Å². The van der Waals surface area contributed by atoms with Gasteiger partial charge in [0.15, 0.2) is 0 Å². The predicted octanol–water partition coefficient (Wildman–Crippen LogP) is 3.08. The van der Waals surface area contributed by atoms with E-state index in [-0.39, 0.29) is 11.4 Å². The summed E-state index contributed by atoms with van der Waals surface area (Å²) in [4.78, 5) is 0. The molecule has 1 aromatic carbocycles. The van der Waals surface area contributed by atoms with E-state index in [9.17, 15) is 4.39 Å². The van der Waals surface area contributed by atoms with Gasteiger partial charge in [-0.05, 0) is 25.0 Å². The number of aromatic hydroxyl groups is 1. The smallest absolute Gasteiger partial charge is 0.141 e. The summed E-state index contributed by atoms with van der Waals surface area (Å²) in [7, 11) is 1.82. The minimum Gasteiger partial charge on any atom is -0.506 e. The zero-order valence-corrected chi connectivity index (χ0v) is 10.2. The number of benzene rings is 1. The lowest BCUT2D eigenvalue weighted by molar-refractivity contribution is 0.0710. The number of hydrogen-bond donors (Lipinski definition) is 2. The molecule has 2 rings (SSSR count). The summed E-state index contributed by atoms with van der Waals surface area (Å²) in [5.74, 6) is -0.697. The van der Waals surface area contributed by atoms with Crippen LogP contribution in [0.25, 0.3) is 0 Å². The van der Waals surface area contributed by atoms with Crippen molar-refractivity contribution in [1.29, 1.82) is 0 Å². The molecule has 0 saturated heterocycles. The van der Waals surface area contributed by atoms with Crippen LogP contribution >= 0.6 is 0 Å². The van der Waals surface area contributed by atoms with Gasteiger partial charge in [-0.2, -0.15) is 0 Å². The Kier molecular flexibility index (Phi) is 5.77. The lowest BCUT2D eigenvalue weighted by Gasteiger charge is -2.19. The minimum atomic E-state index is -0.485. The van der Waals surface area contributed by atoms with Gasteiger partial charge in [-0.15, -0.1) is 0 Å². The third-order valence-corrected chi connectivity index (χ3v) is 2.88. The predicted molar refractivity (Wildman–Crippen MR) is 66.4 cm³/mol. The first-order valence-corrected chi connectivity index (χ1v) is 5.90. The highest BCUT2D eigenvalue weighted by atomic mass is 19.1. The molecule has 1 aromatic rings. The van der Waals surface area contributed by atoms with E-state index in [0.29, 0.717) is 6.10 Å². The third-order valence-electron chi connectivity index (χ3n) is 2.88. The van der Waals surface area contributed by atoms with Gasteiger partial charge < -0.3 is 15.6 Å². The fraction of sp³-hybridized carbons (Fsp3) is 0.538. The van der Waals surface area contributed by atoms with E-state index in [1.165, 1.54) is 44.2 Å². The maximum absolute atomic E-state index is 12.1. The first kappa shape index (κ1) is 13.8. The molecular weight excluding hydrogens is 221 g/mol. The van der Waals surface area contributed by atoms with E-state index >= 15 is 0 Å². The Labute approximate surface area is 101 Å². The Morgan fingerprint density at radius 1 is 1.29 bits per heavy atom. The number of hydrogen-bond acceptors (Lipinski definition) is 3. The normalized spacial score (nSPS) is 16.1. The molecule has 1 saturated carbocycles. The third kappa shape index (κ3) is 5.04. The molecule has 0 heterocycles. The molecule has 3 N–H and O–H groups in total. The molecule has 0 aliphatic heterocycles. The fourth-order valence-corrected chi connectivity index (χ4v) is 1.82. The number of anilines is 1. The van der Waals surface area contributed by atoms with Crippen LogP contribution in [-0.2, 0) is 4.74 Å². The van der Waals surface area contributed by atoms with Gasteiger partial charge in [0.05, 0.1) is 11.8 Å². The number of methoxy groups -OCH3 is 1. The average molecular weight is 241 g/mol. The van der Waals surface area contributed by atoms with Crippen molar-refractivity contribution in [3.8, 4) is 5.75 Å². The highest BCUT2D eigenvalue weighted by Gasteiger charge is 2.10. The second kappa shape index (κ2) is 7.12. The van der Waals surface area contributed by atoms with E-state index < -0.39 is 5.82 Å². The molecule has 0 radical (unpaired) electrons. The number of phenols is 1. The Morgan fingerprint density at radius 3 is 2.35 bits per heavy atom. The van der Waals surface area contributed by atoms with Crippen molar-refractivity contribution in [3.05, 3.63) is 24.0 Å². The summed E-state index contributed by atoms with van der Waals surface area (Å²) < 4.78 is 17.3. The van der Waals surface area contributed by atoms with Crippen LogP contribution in [0.1, 0.15) is 32.1 Å². The lowest BCUT2D eigenvalue weighted by atomic mass is 9.98. The van der Waals surface area contributed by atoms with Gasteiger partial charge in [0.1, 0.15) is 11.6 Å². The first-order valence-electron chi connectivity index (χ1n) is 5.90. The van der Waals surface area contributed by atoms with E-state index in [1.54, 1.807) is 0 Å². The summed E-state index contributed by atoms with van der Waals surface area (Å²) in [6.45, 7) is 0. The number of nitrogens with two attached hydrogens (primary N) is 1. The van der Waals surface area contributed by atoms with Crippen molar-refractivity contribution in [2.75, 3.05) is 12.8 Å². The topological polar surface area (TPSA) is 55.5 Å². The Hall–Kier alpha value is -1.29. The number of phenolic OH excluding ortho intramolecular Hbond substituents is 1. The molecule has 1 fully saturated rings. The average Bonchev–Trinajstić information content (AvgIpc) is 2.36. The van der Waals surface area contributed by atoms with Gasteiger partial charge in [0, 0.05) is 13.2 Å². The Bertz CT molecular complexity index is 338. The van der Waals surface area contributed by atoms with Crippen LogP contribution in [0.4, 0.5) is 10.1 Å². The summed E-state index contributed by atoms with van der Waals surface area (Å²) in [5, 5.41) is 8.74. The zero-order valence-electron chi connectivity index (χ0n) is 10.2. The van der Waals surface area contributed by atoms with Crippen LogP contribution in [0, 0.1) is 5.82 Å². The van der Waals surface area contributed by atoms with Crippen LogP contribution in [0.3, 0.4) is 0 Å². The number of halogens is 1. The molecule has 0 bridgehead atoms. The molecule has 0 atom stereocenters. The van der Waals surface area contributed by atoms with Crippen LogP contribution in [0.2, 0.25) is 0 Å². The summed E-state index contributed by atoms with van der Waals surface area (Å²) in [6, 6.07) is 3.47. The number of nitrogen functional groups attached to an aromatic ring is 1. The molecule has 0 unspecified atom stereocenters. The van der Waals surface area contributed by atoms with Gasteiger partial charge in [-0.1, -0.05) is 19.3 Å². The van der Waals surface area contributed by atoms with Crippen molar-refractivity contribution in [2.45, 2.75) is 38.2 Å². The van der Waals surface area contributed by atoms with E-state index in [2.05, 4.69) is 0 Å². The Balaban J connectivity index is 0.000000171. The van der Waals surface area contributed by atoms with Crippen molar-refractivity contribution in [2.24, 2.45) is 0 Å². The quantitative estimate of drug-likeness (QED) is 0.587. The van der Waals surface area contributed by atoms with E-state index in [4.69, 9.17) is 15.6 Å². The van der Waals surface area contributed by atoms with Gasteiger partial charge in [-0.3, -0.25) is 0 Å². The molecule has 0 amide bonds. The second-order valence-corrected chi connectivity index (χ2v) is 4.20. The molecule has 1 aliphatic rings. The molecule has 96 valence electrons. The van der Waals surface area contributed by atoms with Crippen LogP contribution in [0.15, 0.2) is 18.2 Å². The monoisotopic (exact) mass is 241 g/mol. The fourth-order valence-electron chi connectivity index (χ4n) is 1.82. The lowest BCUT2D eigenvalue weighted by Crippen LogP contribution is -2.13. The van der Waals surface area contributed by atoms with Crippen LogP contribution in [0.5, 0.6) is 5.75 Å². The van der Waals surface area contributed by atoms with Crippen molar-refractivity contribution < 1.29 is 14.2 Å². The van der Waals surface area contributed by atoms with Gasteiger partial charge in [-0.25, -0.2) is 4.39 Å². The van der Waals surface area contributed by atoms with E-state index in [1.807, 2.05) is 7.11 Å². The maximum Gasteiger partial charge on any atom is 0.141 e. The molecule has 4 heteroatoms. The van der Waals surface area contributed by atoms with Crippen LogP contribution < -0.4 is 5.73 Å². The summed E-state index contributed by atoms with van der Waals surface area (Å²) in [5.41, 5.74) is 5.36. The molecule has 1 aliphatic carbocycles. The first-order chi connectivity index (χ1) is 8.13. The Morgan fingerprint density at radius 2 is 1.94 bits per heavy atom. The molecule has 0 aromatic heterocycles. The summed E-state index contributed by atoms with van der Waals surface area (Å²) in [6.07, 6.45) is 7.33. The van der Waals surface area contributed by atoms with Crippen molar-refractivity contribution in [3.63, 3.8) is 0 Å². The van der Waals surface area contributed by atoms with E-state index in [0.717, 1.165) is 6.07 Å². The van der Waals surface area contributed by atoms with Crippen LogP contribution in [-0.4, -0.2) is 18.3 Å². The minimum absolute atomic E-state index is 0.191. The highest BCUT2D eigenvalue weighted by molar-refractivity contribution is 5.50. The zero-order chi connectivity index (χ0) is 12.7. The second-order valence-electron chi connectivity index (χ2n) is 4.20. The van der Waals surface area contributed by atoms with Gasteiger partial charge in [0.2, 0.25) is 0 Å². The van der Waals surface area contributed by atoms with Crippen molar-refractivity contribution >= 4 is 5.69 Å². The largest absolute Gasteiger partial charge is 0.506 e. The highest BCUT2D eigenvalue weighted by Crippen LogP contribution is 2.19. The number of rotatable bonds is 1. The summed E-state index contributed by atoms with van der Waals surface area (Å²) >= 11 is 0. The molecule has 17 heavy (non-hydrogen) atoms. The van der Waals surface area contributed by atoms with Gasteiger partial charge in [0.25, 0.3) is 0 Å². The molecular formula is C13H20FNO2. The SMILES string of the molecule is COC1CCCCC1.Nc1ccc(F)cc1O. The number of ether oxygens (including phenoxy) is 1. The maximum atomic E-state index is 12.1. The molecule has 3 nitrogen and oxygen atoms in total. The van der Waals surface area contributed by atoms with Gasteiger partial charge >= 0.3 is 0 Å². The standard InChI is InChI=1S/C7H14O.C6H6FNO/c1-8-7-5-3-2-4-6-7;7-4-1-2-5(8)6(9)3-4/h7H,2-6H2,1H3;1-3,9H,8H2. The molecule has 0 spiro atoms.